The van der Waals surface area contributed by atoms with E-state index in [0.717, 1.165) is 78.1 Å². The van der Waals surface area contributed by atoms with Crippen molar-refractivity contribution in [3.63, 3.8) is 0 Å². The topological polar surface area (TPSA) is 28.9 Å². The van der Waals surface area contributed by atoms with Crippen LogP contribution < -0.4 is 30.9 Å². The summed E-state index contributed by atoms with van der Waals surface area (Å²) in [5.74, 6) is 1.66. The van der Waals surface area contributed by atoms with Gasteiger partial charge in [0.05, 0.1) is 0 Å². The molecule has 0 atom stereocenters. The van der Waals surface area contributed by atoms with Crippen LogP contribution in [0, 0.1) is 0 Å². The van der Waals surface area contributed by atoms with Gasteiger partial charge >= 0.3 is 0 Å². The van der Waals surface area contributed by atoms with Crippen LogP contribution in [0.2, 0.25) is 0 Å². The number of fused-ring (bicyclic) bond motifs is 10. The van der Waals surface area contributed by atoms with Crippen LogP contribution in [0.3, 0.4) is 0 Å². The Morgan fingerprint density at radius 2 is 1.12 bits per heavy atom. The molecule has 0 unspecified atom stereocenters. The first kappa shape index (κ1) is 28.2. The Morgan fingerprint density at radius 1 is 0.471 bits per heavy atom. The van der Waals surface area contributed by atoms with Crippen LogP contribution in [0.1, 0.15) is 0 Å². The lowest BCUT2D eigenvalue weighted by Crippen LogP contribution is -2.59. The third-order valence-electron chi connectivity index (χ3n) is 10.5. The molecule has 8 aromatic carbocycles. The van der Waals surface area contributed by atoms with Crippen LogP contribution in [0.4, 0.5) is 34.1 Å². The summed E-state index contributed by atoms with van der Waals surface area (Å²) in [5, 5.41) is 4.28. The van der Waals surface area contributed by atoms with Crippen LogP contribution in [0.15, 0.2) is 180 Å². The van der Waals surface area contributed by atoms with Gasteiger partial charge in [0.2, 0.25) is 0 Å². The van der Waals surface area contributed by atoms with Gasteiger partial charge in [0.1, 0.15) is 11.3 Å². The standard InChI is InChI=1S/C46H29BN2O2/c1-4-14-31(15-5-1)48(32-16-6-2-7-17-32)34-25-27-35-30(28-34)24-26-36-37-29-41-43-46(45(37)51-44(35)36)50-42-23-13-11-21-39(42)47(43)38-20-10-12-22-40(38)49(41)33-18-8-3-9-19-33/h1-29H. The molecule has 4 nitrogen and oxygen atoms in total. The Morgan fingerprint density at radius 3 is 1.88 bits per heavy atom. The molecule has 2 aliphatic rings. The van der Waals surface area contributed by atoms with Crippen LogP contribution in [-0.2, 0) is 0 Å². The lowest BCUT2D eigenvalue weighted by atomic mass is 9.34. The Kier molecular flexibility index (Phi) is 6.01. The third kappa shape index (κ3) is 4.15. The zero-order chi connectivity index (χ0) is 33.5. The Bertz CT molecular complexity index is 2760. The van der Waals surface area contributed by atoms with Gasteiger partial charge in [-0.05, 0) is 95.2 Å². The molecule has 1 aromatic heterocycles. The molecule has 3 heterocycles. The molecule has 0 fully saturated rings. The minimum atomic E-state index is 0.00924. The second kappa shape index (κ2) is 10.9. The van der Waals surface area contributed by atoms with E-state index in [1.165, 1.54) is 16.6 Å². The van der Waals surface area contributed by atoms with E-state index in [4.69, 9.17) is 9.15 Å². The van der Waals surface area contributed by atoms with Crippen LogP contribution in [0.25, 0.3) is 32.7 Å². The van der Waals surface area contributed by atoms with Gasteiger partial charge in [0.25, 0.3) is 6.71 Å². The Balaban J connectivity index is 1.16. The number of para-hydroxylation sites is 5. The third-order valence-corrected chi connectivity index (χ3v) is 10.5. The van der Waals surface area contributed by atoms with E-state index in [1.807, 2.05) is 6.07 Å². The summed E-state index contributed by atoms with van der Waals surface area (Å²) in [6, 6.07) is 62.3. The minimum absolute atomic E-state index is 0.00924. The van der Waals surface area contributed by atoms with Crippen molar-refractivity contribution in [2.24, 2.45) is 0 Å². The fourth-order valence-corrected chi connectivity index (χ4v) is 8.28. The van der Waals surface area contributed by atoms with Crippen molar-refractivity contribution in [3.05, 3.63) is 176 Å². The zero-order valence-corrected chi connectivity index (χ0v) is 27.5. The van der Waals surface area contributed by atoms with E-state index < -0.39 is 0 Å². The van der Waals surface area contributed by atoms with Crippen molar-refractivity contribution < 1.29 is 9.15 Å². The molecule has 0 saturated carbocycles. The number of anilines is 6. The molecule has 0 radical (unpaired) electrons. The van der Waals surface area contributed by atoms with Crippen molar-refractivity contribution in [1.29, 1.82) is 0 Å². The molecule has 51 heavy (non-hydrogen) atoms. The molecule has 11 rings (SSSR count). The van der Waals surface area contributed by atoms with Gasteiger partial charge < -0.3 is 19.0 Å². The summed E-state index contributed by atoms with van der Waals surface area (Å²) in [5.41, 5.74) is 11.9. The highest BCUT2D eigenvalue weighted by Gasteiger charge is 2.43. The molecule has 9 aromatic rings. The van der Waals surface area contributed by atoms with E-state index >= 15 is 0 Å². The zero-order valence-electron chi connectivity index (χ0n) is 27.5. The quantitative estimate of drug-likeness (QED) is 0.177. The Labute approximate surface area is 295 Å². The van der Waals surface area contributed by atoms with Gasteiger partial charge in [-0.2, -0.15) is 0 Å². The predicted molar refractivity (Wildman–Crippen MR) is 212 cm³/mol. The molecule has 238 valence electrons. The summed E-state index contributed by atoms with van der Waals surface area (Å²) in [6.07, 6.45) is 0. The number of furan rings is 1. The van der Waals surface area contributed by atoms with Gasteiger partial charge in [0, 0.05) is 55.7 Å². The molecule has 0 saturated heterocycles. The molecule has 5 heteroatoms. The first-order valence-corrected chi connectivity index (χ1v) is 17.4. The molecule has 0 spiro atoms. The monoisotopic (exact) mass is 652 g/mol. The SMILES string of the molecule is c1ccc(N(c2ccccc2)c2ccc3c(ccc4c5cc6c7c(c5oc34)Oc3ccccc3B7c3ccccc3N6c3ccccc3)c2)cc1. The number of rotatable bonds is 4. The average Bonchev–Trinajstić information content (AvgIpc) is 3.58. The minimum Gasteiger partial charge on any atom is -0.454 e. The fourth-order valence-electron chi connectivity index (χ4n) is 8.28. The van der Waals surface area contributed by atoms with Crippen molar-refractivity contribution in [2.45, 2.75) is 0 Å². The van der Waals surface area contributed by atoms with Gasteiger partial charge in [-0.3, -0.25) is 0 Å². The van der Waals surface area contributed by atoms with Crippen molar-refractivity contribution in [1.82, 2.24) is 0 Å². The predicted octanol–water partition coefficient (Wildman–Crippen LogP) is 10.6. The molecule has 0 amide bonds. The maximum absolute atomic E-state index is 6.99. The lowest BCUT2D eigenvalue weighted by molar-refractivity contribution is 0.481. The molecule has 0 aliphatic carbocycles. The molecule has 2 aliphatic heterocycles. The first-order chi connectivity index (χ1) is 25.3. The van der Waals surface area contributed by atoms with Gasteiger partial charge in [-0.1, -0.05) is 97.1 Å². The smallest absolute Gasteiger partial charge is 0.256 e. The average molecular weight is 653 g/mol. The number of nitrogens with zero attached hydrogens (tertiary/aromatic N) is 2. The Hall–Kier alpha value is -6.72. The molecule has 0 bridgehead atoms. The highest BCUT2D eigenvalue weighted by Crippen LogP contribution is 2.47. The van der Waals surface area contributed by atoms with Gasteiger partial charge in [-0.15, -0.1) is 0 Å². The summed E-state index contributed by atoms with van der Waals surface area (Å²) in [7, 11) is 0. The second-order valence-corrected chi connectivity index (χ2v) is 13.3. The largest absolute Gasteiger partial charge is 0.454 e. The molecule has 0 N–H and O–H groups in total. The molecular formula is C46H29BN2O2. The summed E-state index contributed by atoms with van der Waals surface area (Å²) >= 11 is 0. The summed E-state index contributed by atoms with van der Waals surface area (Å²) in [4.78, 5) is 4.68. The number of hydrogen-bond acceptors (Lipinski definition) is 4. The molecular weight excluding hydrogens is 623 g/mol. The van der Waals surface area contributed by atoms with E-state index in [0.29, 0.717) is 0 Å². The lowest BCUT2D eigenvalue weighted by Gasteiger charge is -2.39. The first-order valence-electron chi connectivity index (χ1n) is 17.4. The summed E-state index contributed by atoms with van der Waals surface area (Å²) in [6.45, 7) is 0.00924. The van der Waals surface area contributed by atoms with Crippen LogP contribution in [-0.4, -0.2) is 6.71 Å². The summed E-state index contributed by atoms with van der Waals surface area (Å²) < 4.78 is 13.9. The van der Waals surface area contributed by atoms with Crippen molar-refractivity contribution in [3.8, 4) is 11.5 Å². The highest BCUT2D eigenvalue weighted by atomic mass is 16.5. The van der Waals surface area contributed by atoms with Crippen molar-refractivity contribution in [2.75, 3.05) is 9.80 Å². The van der Waals surface area contributed by atoms with Gasteiger partial charge in [-0.25, -0.2) is 0 Å². The van der Waals surface area contributed by atoms with Gasteiger partial charge in [0.15, 0.2) is 11.3 Å². The number of hydrogen-bond donors (Lipinski definition) is 0. The van der Waals surface area contributed by atoms with E-state index in [2.05, 4.69) is 180 Å². The van der Waals surface area contributed by atoms with Crippen molar-refractivity contribution >= 4 is 89.9 Å². The fraction of sp³-hybridized carbons (Fsp3) is 0. The van der Waals surface area contributed by atoms with E-state index in [1.54, 1.807) is 0 Å². The second-order valence-electron chi connectivity index (χ2n) is 13.3. The van der Waals surface area contributed by atoms with Crippen LogP contribution in [0.5, 0.6) is 11.5 Å². The van der Waals surface area contributed by atoms with Crippen LogP contribution >= 0.6 is 0 Å². The van der Waals surface area contributed by atoms with E-state index in [-0.39, 0.29) is 6.71 Å². The normalized spacial score (nSPS) is 12.8. The van der Waals surface area contributed by atoms with E-state index in [9.17, 15) is 0 Å². The number of ether oxygens (including phenoxy) is 1. The number of benzene rings is 8. The maximum Gasteiger partial charge on any atom is 0.256 e. The highest BCUT2D eigenvalue weighted by molar-refractivity contribution is 6.99. The maximum atomic E-state index is 6.99.